The van der Waals surface area contributed by atoms with E-state index in [1.165, 1.54) is 0 Å². The number of nitrogens with zero attached hydrogens (tertiary/aromatic N) is 4. The molecular weight excluding hydrogens is 306 g/mol. The molecule has 1 aromatic heterocycles. The van der Waals surface area contributed by atoms with Crippen LogP contribution < -0.4 is 15.0 Å². The van der Waals surface area contributed by atoms with E-state index in [4.69, 9.17) is 14.7 Å². The number of rotatable bonds is 6. The maximum atomic E-state index is 9.08. The summed E-state index contributed by atoms with van der Waals surface area (Å²) < 4.78 is 19.5. The van der Waals surface area contributed by atoms with E-state index in [1.807, 2.05) is 20.8 Å². The maximum Gasteiger partial charge on any atom is 0.271 e. The molecule has 0 saturated carbocycles. The van der Waals surface area contributed by atoms with Crippen molar-refractivity contribution in [3.05, 3.63) is 0 Å². The number of hydrogen-bond acceptors (Lipinski definition) is 9. The van der Waals surface area contributed by atoms with Crippen LogP contribution in [0.4, 0.5) is 5.82 Å². The molecular formula is C13H23N5O3S. The summed E-state index contributed by atoms with van der Waals surface area (Å²) in [6.07, 6.45) is 0. The molecule has 1 fully saturated rings. The zero-order chi connectivity index (χ0) is 16.0. The highest BCUT2D eigenvalue weighted by Crippen LogP contribution is 2.26. The van der Waals surface area contributed by atoms with E-state index in [2.05, 4.69) is 24.1 Å². The quantitative estimate of drug-likeness (QED) is 0.456. The third kappa shape index (κ3) is 5.08. The highest BCUT2D eigenvalue weighted by atomic mass is 32.1. The molecule has 2 rings (SSSR count). The fourth-order valence-corrected chi connectivity index (χ4v) is 2.39. The summed E-state index contributed by atoms with van der Waals surface area (Å²) in [5, 5.41) is 15.6. The molecule has 0 radical (unpaired) electrons. The number of oxime groups is 1. The predicted molar refractivity (Wildman–Crippen MR) is 85.4 cm³/mol. The monoisotopic (exact) mass is 329 g/mol. The Morgan fingerprint density at radius 3 is 2.77 bits per heavy atom. The van der Waals surface area contributed by atoms with Crippen molar-refractivity contribution in [2.75, 3.05) is 44.4 Å². The van der Waals surface area contributed by atoms with Crippen LogP contribution in [0.1, 0.15) is 20.8 Å². The van der Waals surface area contributed by atoms with Gasteiger partial charge in [-0.15, -0.1) is 4.37 Å². The number of hydrogen-bond donors (Lipinski definition) is 2. The molecule has 8 nitrogen and oxygen atoms in total. The molecule has 2 N–H and O–H groups in total. The highest BCUT2D eigenvalue weighted by molar-refractivity contribution is 6.99. The lowest BCUT2D eigenvalue weighted by atomic mass is 10.1. The minimum Gasteiger partial charge on any atom is -0.468 e. The summed E-state index contributed by atoms with van der Waals surface area (Å²) in [5.41, 5.74) is 0.452. The molecule has 0 aromatic carbocycles. The Morgan fingerprint density at radius 2 is 2.14 bits per heavy atom. The topological polar surface area (TPSA) is 92.1 Å². The fraction of sp³-hybridized carbons (Fsp3) is 0.769. The van der Waals surface area contributed by atoms with Gasteiger partial charge < -0.3 is 24.9 Å². The summed E-state index contributed by atoms with van der Waals surface area (Å²) in [6, 6.07) is 0. The van der Waals surface area contributed by atoms with E-state index >= 15 is 0 Å². The first-order chi connectivity index (χ1) is 10.5. The van der Waals surface area contributed by atoms with Gasteiger partial charge in [0.1, 0.15) is 12.3 Å². The lowest BCUT2D eigenvalue weighted by Crippen LogP contribution is -2.40. The summed E-state index contributed by atoms with van der Waals surface area (Å²) in [6.45, 7) is 9.65. The molecule has 0 aliphatic carbocycles. The molecule has 0 unspecified atom stereocenters. The molecule has 1 aliphatic heterocycles. The number of aromatic nitrogens is 2. The fourth-order valence-electron chi connectivity index (χ4n) is 1.87. The first-order valence-electron chi connectivity index (χ1n) is 7.22. The van der Waals surface area contributed by atoms with Gasteiger partial charge in [0.25, 0.3) is 5.88 Å². The maximum absolute atomic E-state index is 9.08. The van der Waals surface area contributed by atoms with Gasteiger partial charge in [0.05, 0.1) is 24.9 Å². The van der Waals surface area contributed by atoms with Crippen LogP contribution in [0.5, 0.6) is 5.88 Å². The lowest BCUT2D eigenvalue weighted by Gasteiger charge is -2.26. The van der Waals surface area contributed by atoms with E-state index in [0.29, 0.717) is 31.4 Å². The van der Waals surface area contributed by atoms with Crippen LogP contribution in [0.3, 0.4) is 0 Å². The van der Waals surface area contributed by atoms with E-state index in [9.17, 15) is 0 Å². The van der Waals surface area contributed by atoms with Crippen molar-refractivity contribution in [3.63, 3.8) is 0 Å². The molecule has 0 spiro atoms. The number of nitrogens with one attached hydrogen (secondary N) is 1. The van der Waals surface area contributed by atoms with Crippen LogP contribution in [0.2, 0.25) is 0 Å². The van der Waals surface area contributed by atoms with Crippen LogP contribution in [0.15, 0.2) is 5.16 Å². The van der Waals surface area contributed by atoms with Gasteiger partial charge in [-0.05, 0) is 20.8 Å². The summed E-state index contributed by atoms with van der Waals surface area (Å²) in [5.74, 6) is 1.21. The summed E-state index contributed by atoms with van der Waals surface area (Å²) in [4.78, 5) is 2.09. The standard InChI is InChI=1S/C13H23N5O3S/c1-13(2,3)14-8-10(15-19)9-21-12-11(16-22-17-12)18-4-6-20-7-5-18/h14,19H,4-9H2,1-3H3/b15-10+. The smallest absolute Gasteiger partial charge is 0.271 e. The molecule has 0 bridgehead atoms. The van der Waals surface area contributed by atoms with E-state index in [0.717, 1.165) is 30.6 Å². The Balaban J connectivity index is 1.89. The number of ether oxygens (including phenoxy) is 2. The minimum absolute atomic E-state index is 0.0584. The van der Waals surface area contributed by atoms with Gasteiger partial charge in [0.2, 0.25) is 5.82 Å². The second-order valence-electron chi connectivity index (χ2n) is 6.05. The average Bonchev–Trinajstić information content (AvgIpc) is 2.96. The van der Waals surface area contributed by atoms with E-state index in [-0.39, 0.29) is 12.1 Å². The SMILES string of the molecule is CC(C)(C)NC/C(COc1nsnc1N1CCOCC1)=N\O. The van der Waals surface area contributed by atoms with Gasteiger partial charge in [-0.3, -0.25) is 0 Å². The van der Waals surface area contributed by atoms with Crippen molar-refractivity contribution in [1.82, 2.24) is 14.1 Å². The zero-order valence-corrected chi connectivity index (χ0v) is 14.0. The molecule has 0 atom stereocenters. The largest absolute Gasteiger partial charge is 0.468 e. The van der Waals surface area contributed by atoms with Crippen molar-refractivity contribution in [1.29, 1.82) is 0 Å². The molecule has 9 heteroatoms. The van der Waals surface area contributed by atoms with Crippen molar-refractivity contribution >= 4 is 23.3 Å². The molecule has 22 heavy (non-hydrogen) atoms. The Morgan fingerprint density at radius 1 is 1.41 bits per heavy atom. The lowest BCUT2D eigenvalue weighted by molar-refractivity contribution is 0.122. The zero-order valence-electron chi connectivity index (χ0n) is 13.2. The molecule has 1 aliphatic rings. The predicted octanol–water partition coefficient (Wildman–Crippen LogP) is 0.972. The third-order valence-corrected chi connectivity index (χ3v) is 3.59. The molecule has 2 heterocycles. The van der Waals surface area contributed by atoms with E-state index in [1.54, 1.807) is 0 Å². The molecule has 124 valence electrons. The van der Waals surface area contributed by atoms with Crippen molar-refractivity contribution in [3.8, 4) is 5.88 Å². The van der Waals surface area contributed by atoms with Gasteiger partial charge in [-0.1, -0.05) is 5.16 Å². The van der Waals surface area contributed by atoms with Crippen molar-refractivity contribution in [2.45, 2.75) is 26.3 Å². The van der Waals surface area contributed by atoms with Crippen LogP contribution in [-0.4, -0.2) is 64.7 Å². The van der Waals surface area contributed by atoms with E-state index < -0.39 is 0 Å². The number of anilines is 1. The Bertz CT molecular complexity index is 494. The Kier molecular flexibility index (Phi) is 5.92. The van der Waals surface area contributed by atoms with Crippen molar-refractivity contribution < 1.29 is 14.7 Å². The molecule has 1 aromatic rings. The van der Waals surface area contributed by atoms with Crippen molar-refractivity contribution in [2.24, 2.45) is 5.16 Å². The highest BCUT2D eigenvalue weighted by Gasteiger charge is 2.20. The summed E-state index contributed by atoms with van der Waals surface area (Å²) >= 11 is 1.11. The van der Waals surface area contributed by atoms with Gasteiger partial charge >= 0.3 is 0 Å². The molecule has 0 amide bonds. The van der Waals surface area contributed by atoms with Gasteiger partial charge in [-0.2, -0.15) is 4.37 Å². The average molecular weight is 329 g/mol. The second-order valence-corrected chi connectivity index (χ2v) is 6.58. The Labute approximate surface area is 134 Å². The minimum atomic E-state index is -0.0584. The van der Waals surface area contributed by atoms with Crippen LogP contribution in [0, 0.1) is 0 Å². The van der Waals surface area contributed by atoms with Crippen LogP contribution >= 0.6 is 11.7 Å². The Hall–Kier alpha value is -1.45. The first-order valence-corrected chi connectivity index (χ1v) is 7.95. The molecule has 1 saturated heterocycles. The van der Waals surface area contributed by atoms with Crippen LogP contribution in [-0.2, 0) is 4.74 Å². The first kappa shape index (κ1) is 16.9. The van der Waals surface area contributed by atoms with Crippen LogP contribution in [0.25, 0.3) is 0 Å². The van der Waals surface area contributed by atoms with Gasteiger partial charge in [0, 0.05) is 25.2 Å². The number of morpholine rings is 1. The van der Waals surface area contributed by atoms with Gasteiger partial charge in [-0.25, -0.2) is 0 Å². The summed E-state index contributed by atoms with van der Waals surface area (Å²) in [7, 11) is 0. The third-order valence-electron chi connectivity index (χ3n) is 3.09. The second kappa shape index (κ2) is 7.70. The van der Waals surface area contributed by atoms with Gasteiger partial charge in [0.15, 0.2) is 0 Å². The normalized spacial score (nSPS) is 16.9.